The Morgan fingerprint density at radius 1 is 1.04 bits per heavy atom. The lowest BCUT2D eigenvalue weighted by Crippen LogP contribution is -2.17. The average molecular weight is 415 g/mol. The van der Waals surface area contributed by atoms with Crippen molar-refractivity contribution in [3.8, 4) is 0 Å². The quantitative estimate of drug-likeness (QED) is 0.469. The second-order valence-corrected chi connectivity index (χ2v) is 8.37. The highest BCUT2D eigenvalue weighted by Gasteiger charge is 2.28. The lowest BCUT2D eigenvalue weighted by atomic mass is 10.1. The fourth-order valence-electron chi connectivity index (χ4n) is 2.76. The van der Waals surface area contributed by atoms with Crippen LogP contribution in [-0.4, -0.2) is 5.71 Å². The van der Waals surface area contributed by atoms with Gasteiger partial charge in [-0.25, -0.2) is 0 Å². The predicted octanol–water partition coefficient (Wildman–Crippen LogP) is 6.59. The summed E-state index contributed by atoms with van der Waals surface area (Å²) in [5, 5.41) is 11.3. The number of hydrogen-bond acceptors (Lipinski definition) is 4. The van der Waals surface area contributed by atoms with Gasteiger partial charge in [0.25, 0.3) is 0 Å². The van der Waals surface area contributed by atoms with Crippen molar-refractivity contribution >= 4 is 56.1 Å². The Kier molecular flexibility index (Phi) is 4.65. The first-order valence-electron chi connectivity index (χ1n) is 7.67. The molecule has 1 unspecified atom stereocenters. The second kappa shape index (κ2) is 7.05. The summed E-state index contributed by atoms with van der Waals surface area (Å²) >= 11 is 7.10. The minimum absolute atomic E-state index is 0.266. The molecule has 0 saturated heterocycles. The molecule has 0 radical (unpaired) electrons. The first-order valence-corrected chi connectivity index (χ1v) is 10.2. The third kappa shape index (κ3) is 3.38. The van der Waals surface area contributed by atoms with Gasteiger partial charge in [-0.1, -0.05) is 34.1 Å². The molecule has 0 amide bonds. The lowest BCUT2D eigenvalue weighted by molar-refractivity contribution is 0.722. The summed E-state index contributed by atoms with van der Waals surface area (Å²) in [4.78, 5) is 2.60. The number of thiophene rings is 2. The molecule has 24 heavy (non-hydrogen) atoms. The van der Waals surface area contributed by atoms with Gasteiger partial charge in [-0.3, -0.25) is 5.01 Å². The van der Waals surface area contributed by atoms with E-state index in [1.165, 1.54) is 9.75 Å². The van der Waals surface area contributed by atoms with E-state index in [4.69, 9.17) is 5.10 Å². The van der Waals surface area contributed by atoms with E-state index in [0.29, 0.717) is 0 Å². The standard InChI is InChI=1S/C19H15BrN2S2/c20-14-4-1-5-16(12-14)22-18(19-7-3-11-24-19)13-15(21-22)8-9-17-6-2-10-23-17/h1-12,18H,13H2/b9-8+. The highest BCUT2D eigenvalue weighted by atomic mass is 79.9. The summed E-state index contributed by atoms with van der Waals surface area (Å²) in [5.41, 5.74) is 2.23. The molecule has 0 saturated carbocycles. The van der Waals surface area contributed by atoms with Crippen molar-refractivity contribution in [2.24, 2.45) is 5.10 Å². The van der Waals surface area contributed by atoms with E-state index in [2.05, 4.69) is 86.3 Å². The fraction of sp³-hybridized carbons (Fsp3) is 0.105. The minimum atomic E-state index is 0.266. The molecule has 0 bridgehead atoms. The summed E-state index contributed by atoms with van der Waals surface area (Å²) in [6, 6.07) is 17.1. The highest BCUT2D eigenvalue weighted by Crippen LogP contribution is 2.38. The summed E-state index contributed by atoms with van der Waals surface area (Å²) in [6.07, 6.45) is 5.22. The number of anilines is 1. The Hall–Kier alpha value is -1.69. The SMILES string of the molecule is Brc1cccc(N2N=C(/C=C/c3cccs3)CC2c2cccs2)c1. The fourth-order valence-corrected chi connectivity index (χ4v) is 4.57. The molecule has 5 heteroatoms. The van der Waals surface area contributed by atoms with Crippen LogP contribution in [0.4, 0.5) is 5.69 Å². The van der Waals surface area contributed by atoms with Crippen LogP contribution in [0.2, 0.25) is 0 Å². The van der Waals surface area contributed by atoms with Crippen LogP contribution in [0, 0.1) is 0 Å². The van der Waals surface area contributed by atoms with Crippen molar-refractivity contribution < 1.29 is 0 Å². The number of hydrogen-bond donors (Lipinski definition) is 0. The van der Waals surface area contributed by atoms with Gasteiger partial charge >= 0.3 is 0 Å². The van der Waals surface area contributed by atoms with Gasteiger partial charge in [0.2, 0.25) is 0 Å². The predicted molar refractivity (Wildman–Crippen MR) is 109 cm³/mol. The van der Waals surface area contributed by atoms with E-state index in [0.717, 1.165) is 22.3 Å². The maximum Gasteiger partial charge on any atom is 0.0923 e. The second-order valence-electron chi connectivity index (χ2n) is 5.50. The molecule has 4 rings (SSSR count). The molecule has 2 nitrogen and oxygen atoms in total. The van der Waals surface area contributed by atoms with Crippen molar-refractivity contribution in [2.75, 3.05) is 5.01 Å². The molecule has 1 atom stereocenters. The summed E-state index contributed by atoms with van der Waals surface area (Å²) in [7, 11) is 0. The minimum Gasteiger partial charge on any atom is -0.257 e. The van der Waals surface area contributed by atoms with Crippen LogP contribution in [-0.2, 0) is 0 Å². The number of nitrogens with zero attached hydrogens (tertiary/aromatic N) is 2. The third-order valence-corrected chi connectivity index (χ3v) is 6.17. The third-order valence-electron chi connectivity index (χ3n) is 3.86. The molecule has 1 aromatic carbocycles. The van der Waals surface area contributed by atoms with Crippen LogP contribution < -0.4 is 5.01 Å². The van der Waals surface area contributed by atoms with Crippen molar-refractivity contribution in [3.05, 3.63) is 79.6 Å². The zero-order valence-electron chi connectivity index (χ0n) is 12.8. The van der Waals surface area contributed by atoms with Crippen molar-refractivity contribution in [2.45, 2.75) is 12.5 Å². The molecule has 0 N–H and O–H groups in total. The van der Waals surface area contributed by atoms with Gasteiger partial charge in [0.05, 0.1) is 17.4 Å². The van der Waals surface area contributed by atoms with E-state index in [1.54, 1.807) is 22.7 Å². The Labute approximate surface area is 157 Å². The summed E-state index contributed by atoms with van der Waals surface area (Å²) < 4.78 is 1.07. The van der Waals surface area contributed by atoms with Gasteiger partial charge in [0, 0.05) is 20.6 Å². The molecular weight excluding hydrogens is 400 g/mol. The van der Waals surface area contributed by atoms with Gasteiger partial charge in [0.15, 0.2) is 0 Å². The highest BCUT2D eigenvalue weighted by molar-refractivity contribution is 9.10. The van der Waals surface area contributed by atoms with Crippen LogP contribution in [0.1, 0.15) is 22.2 Å². The molecule has 1 aliphatic rings. The zero-order chi connectivity index (χ0) is 16.4. The number of halogens is 1. The number of allylic oxidation sites excluding steroid dienone is 1. The molecule has 1 aliphatic heterocycles. The molecule has 3 aromatic rings. The van der Waals surface area contributed by atoms with E-state index in [1.807, 2.05) is 6.07 Å². The Morgan fingerprint density at radius 3 is 2.67 bits per heavy atom. The van der Waals surface area contributed by atoms with Crippen LogP contribution in [0.3, 0.4) is 0 Å². The molecule has 0 spiro atoms. The Morgan fingerprint density at radius 2 is 1.92 bits per heavy atom. The summed E-state index contributed by atoms with van der Waals surface area (Å²) in [5.74, 6) is 0. The van der Waals surface area contributed by atoms with Crippen molar-refractivity contribution in [3.63, 3.8) is 0 Å². The zero-order valence-corrected chi connectivity index (χ0v) is 16.0. The van der Waals surface area contributed by atoms with Gasteiger partial charge < -0.3 is 0 Å². The summed E-state index contributed by atoms with van der Waals surface area (Å²) in [6.45, 7) is 0. The maximum atomic E-state index is 4.89. The van der Waals surface area contributed by atoms with E-state index in [-0.39, 0.29) is 6.04 Å². The van der Waals surface area contributed by atoms with Crippen LogP contribution >= 0.6 is 38.6 Å². The van der Waals surface area contributed by atoms with Crippen molar-refractivity contribution in [1.29, 1.82) is 0 Å². The molecule has 2 aromatic heterocycles. The normalized spacial score (nSPS) is 17.6. The van der Waals surface area contributed by atoms with Gasteiger partial charge in [0.1, 0.15) is 0 Å². The molecular formula is C19H15BrN2S2. The first-order chi connectivity index (χ1) is 11.8. The van der Waals surface area contributed by atoms with Crippen LogP contribution in [0.25, 0.3) is 6.08 Å². The van der Waals surface area contributed by atoms with E-state index < -0.39 is 0 Å². The number of rotatable bonds is 4. The monoisotopic (exact) mass is 414 g/mol. The Balaban J connectivity index is 1.66. The average Bonchev–Trinajstić information content (AvgIpc) is 3.33. The molecule has 0 aliphatic carbocycles. The lowest BCUT2D eigenvalue weighted by Gasteiger charge is -2.22. The molecule has 3 heterocycles. The van der Waals surface area contributed by atoms with Crippen molar-refractivity contribution in [1.82, 2.24) is 0 Å². The number of benzene rings is 1. The van der Waals surface area contributed by atoms with Crippen LogP contribution in [0.15, 0.2) is 74.9 Å². The number of hydrazone groups is 1. The maximum absolute atomic E-state index is 4.89. The topological polar surface area (TPSA) is 15.6 Å². The van der Waals surface area contributed by atoms with E-state index >= 15 is 0 Å². The van der Waals surface area contributed by atoms with Gasteiger partial charge in [-0.2, -0.15) is 5.10 Å². The molecule has 120 valence electrons. The Bertz CT molecular complexity index is 867. The van der Waals surface area contributed by atoms with Gasteiger partial charge in [-0.15, -0.1) is 22.7 Å². The van der Waals surface area contributed by atoms with Crippen LogP contribution in [0.5, 0.6) is 0 Å². The molecule has 0 fully saturated rings. The largest absolute Gasteiger partial charge is 0.257 e. The smallest absolute Gasteiger partial charge is 0.0923 e. The van der Waals surface area contributed by atoms with E-state index in [9.17, 15) is 0 Å². The first kappa shape index (κ1) is 15.8. The van der Waals surface area contributed by atoms with Gasteiger partial charge in [-0.05, 0) is 53.2 Å².